The summed E-state index contributed by atoms with van der Waals surface area (Å²) in [7, 11) is 0. The number of ether oxygens (including phenoxy) is 2. The Morgan fingerprint density at radius 1 is 0.286 bits per heavy atom. The van der Waals surface area contributed by atoms with E-state index in [0.717, 1.165) is 89.9 Å². The minimum absolute atomic E-state index is 0.0657. The Hall–Kier alpha value is -3.18. The van der Waals surface area contributed by atoms with Crippen LogP contribution in [0, 0.1) is 0 Å². The maximum Gasteiger partial charge on any atom is 0.306 e. The summed E-state index contributed by atoms with van der Waals surface area (Å²) in [6.45, 7) is 4.07. The standard InChI is InChI=1S/C79H140O5/c1-3-5-7-9-11-13-15-17-19-21-23-25-27-29-31-33-35-37-38-39-40-42-44-46-48-50-52-54-56-58-60-62-64-66-68-70-72-74-79(82)84-77(75-80)76-83-78(81)73-71-69-67-65-63-61-59-57-55-53-51-49-47-45-43-41-36-34-32-30-28-26-24-22-20-18-16-14-12-10-8-6-4-2/h5,7,11,13,17,19,23,25,29,31,35,37,39-40,44,46,77,80H,3-4,6,8-10,12,14-16,18,20-22,24,26-28,30,32-34,36,38,41-43,45,47-76H2,1-2H3/b7-5-,13-11-,19-17-,25-23-,31-29-,37-35-,40-39-,46-44-. The summed E-state index contributed by atoms with van der Waals surface area (Å²) in [4.78, 5) is 24.7. The lowest BCUT2D eigenvalue weighted by atomic mass is 10.0. The van der Waals surface area contributed by atoms with Gasteiger partial charge >= 0.3 is 11.9 Å². The van der Waals surface area contributed by atoms with Crippen molar-refractivity contribution in [2.45, 2.75) is 380 Å². The number of carbonyl (C=O) groups excluding carboxylic acids is 2. The fourth-order valence-corrected chi connectivity index (χ4v) is 10.9. The molecule has 0 spiro atoms. The largest absolute Gasteiger partial charge is 0.462 e. The molecule has 0 rings (SSSR count). The number of allylic oxidation sites excluding steroid dienone is 16. The number of hydrogen-bond acceptors (Lipinski definition) is 5. The van der Waals surface area contributed by atoms with Crippen LogP contribution in [0.15, 0.2) is 97.2 Å². The van der Waals surface area contributed by atoms with Gasteiger partial charge in [-0.15, -0.1) is 0 Å². The van der Waals surface area contributed by atoms with E-state index in [9.17, 15) is 14.7 Å². The Morgan fingerprint density at radius 2 is 0.512 bits per heavy atom. The summed E-state index contributed by atoms with van der Waals surface area (Å²) < 4.78 is 10.8. The van der Waals surface area contributed by atoms with Gasteiger partial charge in [-0.3, -0.25) is 9.59 Å². The quantitative estimate of drug-likeness (QED) is 0.0373. The molecule has 0 saturated heterocycles. The molecule has 0 fully saturated rings. The van der Waals surface area contributed by atoms with E-state index in [1.165, 1.54) is 257 Å². The van der Waals surface area contributed by atoms with E-state index < -0.39 is 6.10 Å². The molecule has 0 saturated carbocycles. The van der Waals surface area contributed by atoms with E-state index in [4.69, 9.17) is 9.47 Å². The zero-order chi connectivity index (χ0) is 60.5. The Morgan fingerprint density at radius 3 is 0.774 bits per heavy atom. The molecule has 1 atom stereocenters. The first-order chi connectivity index (χ1) is 41.6. The third-order valence-electron chi connectivity index (χ3n) is 16.4. The maximum absolute atomic E-state index is 12.4. The second kappa shape index (κ2) is 74.1. The van der Waals surface area contributed by atoms with Crippen LogP contribution in [0.1, 0.15) is 373 Å². The highest BCUT2D eigenvalue weighted by molar-refractivity contribution is 5.70. The average Bonchev–Trinajstić information content (AvgIpc) is 3.51. The third kappa shape index (κ3) is 71.3. The summed E-state index contributed by atoms with van der Waals surface area (Å²) in [5.74, 6) is -0.578. The van der Waals surface area contributed by atoms with Gasteiger partial charge in [-0.25, -0.2) is 0 Å². The van der Waals surface area contributed by atoms with Crippen LogP contribution < -0.4 is 0 Å². The number of hydrogen-bond donors (Lipinski definition) is 1. The zero-order valence-electron chi connectivity index (χ0n) is 55.9. The van der Waals surface area contributed by atoms with Crippen molar-refractivity contribution < 1.29 is 24.2 Å². The van der Waals surface area contributed by atoms with Gasteiger partial charge in [0, 0.05) is 12.8 Å². The van der Waals surface area contributed by atoms with Crippen molar-refractivity contribution in [2.75, 3.05) is 13.2 Å². The first-order valence-electron chi connectivity index (χ1n) is 36.8. The first-order valence-corrected chi connectivity index (χ1v) is 36.8. The number of unbranched alkanes of at least 4 members (excludes halogenated alkanes) is 44. The van der Waals surface area contributed by atoms with Gasteiger partial charge in [-0.05, 0) is 77.0 Å². The van der Waals surface area contributed by atoms with Gasteiger partial charge in [0.05, 0.1) is 6.61 Å². The van der Waals surface area contributed by atoms with Crippen molar-refractivity contribution in [1.82, 2.24) is 0 Å². The minimum atomic E-state index is -0.778. The molecule has 0 aliphatic heterocycles. The fourth-order valence-electron chi connectivity index (χ4n) is 10.9. The van der Waals surface area contributed by atoms with Gasteiger partial charge in [0.1, 0.15) is 6.61 Å². The van der Waals surface area contributed by atoms with Crippen LogP contribution >= 0.6 is 0 Å². The summed E-state index contributed by atoms with van der Waals surface area (Å²) in [6, 6.07) is 0. The topological polar surface area (TPSA) is 72.8 Å². The predicted molar refractivity (Wildman–Crippen MR) is 371 cm³/mol. The molecule has 84 heavy (non-hydrogen) atoms. The lowest BCUT2D eigenvalue weighted by Crippen LogP contribution is -2.28. The van der Waals surface area contributed by atoms with Crippen molar-refractivity contribution in [1.29, 1.82) is 0 Å². The number of rotatable bonds is 68. The molecule has 0 aliphatic carbocycles. The highest BCUT2D eigenvalue weighted by atomic mass is 16.6. The highest BCUT2D eigenvalue weighted by Gasteiger charge is 2.16. The van der Waals surface area contributed by atoms with Crippen molar-refractivity contribution in [2.24, 2.45) is 0 Å². The van der Waals surface area contributed by atoms with Gasteiger partial charge in [-0.1, -0.05) is 381 Å². The van der Waals surface area contributed by atoms with E-state index >= 15 is 0 Å². The lowest BCUT2D eigenvalue weighted by molar-refractivity contribution is -0.161. The lowest BCUT2D eigenvalue weighted by Gasteiger charge is -2.15. The minimum Gasteiger partial charge on any atom is -0.462 e. The van der Waals surface area contributed by atoms with Crippen molar-refractivity contribution in [3.63, 3.8) is 0 Å². The molecule has 0 aliphatic rings. The molecular formula is C79H140O5. The Balaban J connectivity index is 3.45. The van der Waals surface area contributed by atoms with Crippen LogP contribution in [-0.4, -0.2) is 36.4 Å². The molecule has 5 heteroatoms. The van der Waals surface area contributed by atoms with Crippen LogP contribution in [0.4, 0.5) is 0 Å². The van der Waals surface area contributed by atoms with Crippen molar-refractivity contribution >= 4 is 11.9 Å². The second-order valence-corrected chi connectivity index (χ2v) is 24.7. The Bertz CT molecular complexity index is 1560. The molecule has 1 N–H and O–H groups in total. The van der Waals surface area contributed by atoms with Gasteiger partial charge < -0.3 is 14.6 Å². The first kappa shape index (κ1) is 80.8. The Labute approximate surface area is 523 Å². The van der Waals surface area contributed by atoms with Crippen LogP contribution in [-0.2, 0) is 19.1 Å². The molecule has 0 heterocycles. The fraction of sp³-hybridized carbons (Fsp3) is 0.772. The molecule has 5 nitrogen and oxygen atoms in total. The van der Waals surface area contributed by atoms with E-state index in [0.29, 0.717) is 12.8 Å². The summed E-state index contributed by atoms with van der Waals surface area (Å²) in [6.07, 6.45) is 106. The van der Waals surface area contributed by atoms with E-state index in [1.807, 2.05) is 0 Å². The second-order valence-electron chi connectivity index (χ2n) is 24.7. The number of carbonyl (C=O) groups is 2. The van der Waals surface area contributed by atoms with Crippen LogP contribution in [0.3, 0.4) is 0 Å². The SMILES string of the molecule is CC/C=C\C/C=C\C/C=C\C/C=C\C/C=C\C/C=C\C/C=C\C/C=C\CCCCCCCCCCCCCCC(=O)OC(CO)COC(=O)CCCCCCCCCCCCCCCCCCCCCCCCCCCCCCCCCCC. The van der Waals surface area contributed by atoms with Crippen LogP contribution in [0.2, 0.25) is 0 Å². The Kier molecular flexibility index (Phi) is 71.3. The summed E-state index contributed by atoms with van der Waals surface area (Å²) in [5, 5.41) is 9.71. The van der Waals surface area contributed by atoms with Gasteiger partial charge in [0.15, 0.2) is 6.10 Å². The van der Waals surface area contributed by atoms with Gasteiger partial charge in [0.2, 0.25) is 0 Å². The normalized spacial score (nSPS) is 12.8. The molecule has 1 unspecified atom stereocenters. The van der Waals surface area contributed by atoms with Gasteiger partial charge in [0.25, 0.3) is 0 Å². The maximum atomic E-state index is 12.4. The van der Waals surface area contributed by atoms with Gasteiger partial charge in [-0.2, -0.15) is 0 Å². The van der Waals surface area contributed by atoms with Crippen molar-refractivity contribution in [3.8, 4) is 0 Å². The average molecular weight is 1170 g/mol. The molecular weight excluding hydrogens is 1030 g/mol. The predicted octanol–water partition coefficient (Wildman–Crippen LogP) is 25.8. The molecule has 0 aromatic carbocycles. The summed E-state index contributed by atoms with van der Waals surface area (Å²) in [5.41, 5.74) is 0. The zero-order valence-corrected chi connectivity index (χ0v) is 55.9. The van der Waals surface area contributed by atoms with E-state index in [1.54, 1.807) is 0 Å². The number of aliphatic hydroxyl groups excluding tert-OH is 1. The molecule has 0 bridgehead atoms. The highest BCUT2D eigenvalue weighted by Crippen LogP contribution is 2.19. The summed E-state index contributed by atoms with van der Waals surface area (Å²) >= 11 is 0. The van der Waals surface area contributed by atoms with E-state index in [2.05, 4.69) is 111 Å². The molecule has 0 amide bonds. The number of aliphatic hydroxyl groups is 1. The smallest absolute Gasteiger partial charge is 0.306 e. The molecule has 0 aromatic rings. The van der Waals surface area contributed by atoms with Crippen molar-refractivity contribution in [3.05, 3.63) is 97.2 Å². The third-order valence-corrected chi connectivity index (χ3v) is 16.4. The van der Waals surface area contributed by atoms with Crippen LogP contribution in [0.25, 0.3) is 0 Å². The van der Waals surface area contributed by atoms with E-state index in [-0.39, 0.29) is 25.2 Å². The molecule has 0 aromatic heterocycles. The molecule has 0 radical (unpaired) electrons. The number of esters is 2. The monoisotopic (exact) mass is 1170 g/mol. The molecule has 486 valence electrons. The van der Waals surface area contributed by atoms with Crippen LogP contribution in [0.5, 0.6) is 0 Å².